The minimum absolute atomic E-state index is 0.00273. The van der Waals surface area contributed by atoms with E-state index in [1.165, 1.54) is 0 Å². The molecule has 1 aliphatic heterocycles. The van der Waals surface area contributed by atoms with Crippen LogP contribution in [0.4, 0.5) is 0 Å². The van der Waals surface area contributed by atoms with Crippen molar-refractivity contribution >= 4 is 16.8 Å². The van der Waals surface area contributed by atoms with Crippen molar-refractivity contribution in [3.05, 3.63) is 36.0 Å². The van der Waals surface area contributed by atoms with Crippen molar-refractivity contribution in [3.8, 4) is 0 Å². The number of carbonyl (C=O) groups excluding carboxylic acids is 1. The van der Waals surface area contributed by atoms with Gasteiger partial charge in [0.25, 0.3) is 5.91 Å². The second kappa shape index (κ2) is 5.29. The van der Waals surface area contributed by atoms with Gasteiger partial charge in [-0.1, -0.05) is 18.2 Å². The molecule has 0 spiro atoms. The van der Waals surface area contributed by atoms with E-state index in [1.54, 1.807) is 0 Å². The van der Waals surface area contributed by atoms with Gasteiger partial charge in [0.05, 0.1) is 0 Å². The largest absolute Gasteiger partial charge is 0.351 e. The summed E-state index contributed by atoms with van der Waals surface area (Å²) in [5.41, 5.74) is 1.66. The molecule has 0 bridgehead atoms. The number of aromatic amines is 1. The van der Waals surface area contributed by atoms with Crippen LogP contribution in [0.15, 0.2) is 30.3 Å². The monoisotopic (exact) mass is 271 g/mol. The summed E-state index contributed by atoms with van der Waals surface area (Å²) in [5, 5.41) is 4.23. The van der Waals surface area contributed by atoms with E-state index in [-0.39, 0.29) is 11.9 Å². The Kier molecular flexibility index (Phi) is 3.49. The molecule has 1 aromatic carbocycles. The minimum atomic E-state index is 0.00273. The average molecular weight is 271 g/mol. The van der Waals surface area contributed by atoms with E-state index < -0.39 is 0 Å². The van der Waals surface area contributed by atoms with E-state index in [0.29, 0.717) is 11.7 Å². The van der Waals surface area contributed by atoms with E-state index in [4.69, 9.17) is 0 Å². The Morgan fingerprint density at radius 1 is 1.40 bits per heavy atom. The van der Waals surface area contributed by atoms with Crippen LogP contribution in [0.25, 0.3) is 10.9 Å². The minimum Gasteiger partial charge on any atom is -0.351 e. The number of H-pyrrole nitrogens is 1. The van der Waals surface area contributed by atoms with Crippen LogP contribution in [-0.4, -0.2) is 41.5 Å². The Morgan fingerprint density at radius 2 is 2.20 bits per heavy atom. The number of rotatable bonds is 2. The number of fused-ring (bicyclic) bond motifs is 1. The molecule has 2 heterocycles. The molecule has 2 aromatic rings. The van der Waals surface area contributed by atoms with Crippen molar-refractivity contribution in [1.29, 1.82) is 0 Å². The Bertz CT molecular complexity index is 586. The first kappa shape index (κ1) is 13.2. The molecule has 106 valence electrons. The van der Waals surface area contributed by atoms with Gasteiger partial charge >= 0.3 is 0 Å². The van der Waals surface area contributed by atoms with Gasteiger partial charge in [0, 0.05) is 29.5 Å². The predicted molar refractivity (Wildman–Crippen MR) is 80.9 cm³/mol. The maximum absolute atomic E-state index is 12.3. The van der Waals surface area contributed by atoms with Gasteiger partial charge in [-0.05, 0) is 38.9 Å². The van der Waals surface area contributed by atoms with E-state index in [2.05, 4.69) is 29.2 Å². The van der Waals surface area contributed by atoms with Crippen LogP contribution in [0, 0.1) is 0 Å². The van der Waals surface area contributed by atoms with Crippen LogP contribution >= 0.6 is 0 Å². The van der Waals surface area contributed by atoms with Crippen molar-refractivity contribution in [2.24, 2.45) is 0 Å². The number of amides is 1. The summed E-state index contributed by atoms with van der Waals surface area (Å²) in [6.45, 7) is 3.25. The molecule has 2 N–H and O–H groups in total. The van der Waals surface area contributed by atoms with Crippen LogP contribution in [0.3, 0.4) is 0 Å². The molecule has 1 aromatic heterocycles. The molecule has 3 rings (SSSR count). The first-order valence-corrected chi connectivity index (χ1v) is 7.22. The number of hydrogen-bond acceptors (Lipinski definition) is 2. The van der Waals surface area contributed by atoms with Gasteiger partial charge < -0.3 is 15.2 Å². The van der Waals surface area contributed by atoms with E-state index in [9.17, 15) is 4.79 Å². The van der Waals surface area contributed by atoms with Crippen molar-refractivity contribution in [1.82, 2.24) is 15.2 Å². The highest BCUT2D eigenvalue weighted by molar-refractivity contribution is 5.98. The highest BCUT2D eigenvalue weighted by Gasteiger charge is 2.24. The van der Waals surface area contributed by atoms with E-state index in [1.807, 2.05) is 30.3 Å². The second-order valence-corrected chi connectivity index (χ2v) is 5.79. The SMILES string of the molecule is CC1CC(NC(=O)c2cc3ccccc3[nH]2)CCN1C. The number of benzene rings is 1. The summed E-state index contributed by atoms with van der Waals surface area (Å²) < 4.78 is 0. The van der Waals surface area contributed by atoms with Crippen LogP contribution in [-0.2, 0) is 0 Å². The highest BCUT2D eigenvalue weighted by Crippen LogP contribution is 2.17. The standard InChI is InChI=1S/C16H21N3O/c1-11-9-13(7-8-19(11)2)17-16(20)15-10-12-5-3-4-6-14(12)18-15/h3-6,10-11,13,18H,7-9H2,1-2H3,(H,17,20). The average Bonchev–Trinajstić information content (AvgIpc) is 2.87. The van der Waals surface area contributed by atoms with Crippen molar-refractivity contribution < 1.29 is 4.79 Å². The van der Waals surface area contributed by atoms with Crippen LogP contribution in [0.1, 0.15) is 30.3 Å². The third-order valence-corrected chi connectivity index (χ3v) is 4.32. The maximum atomic E-state index is 12.3. The molecule has 4 heteroatoms. The van der Waals surface area contributed by atoms with Gasteiger partial charge in [-0.15, -0.1) is 0 Å². The summed E-state index contributed by atoms with van der Waals surface area (Å²) in [7, 11) is 2.14. The third-order valence-electron chi connectivity index (χ3n) is 4.32. The number of hydrogen-bond donors (Lipinski definition) is 2. The van der Waals surface area contributed by atoms with Gasteiger partial charge in [0.15, 0.2) is 0 Å². The molecule has 1 aliphatic rings. The molecule has 0 radical (unpaired) electrons. The molecule has 1 amide bonds. The lowest BCUT2D eigenvalue weighted by Crippen LogP contribution is -2.47. The number of likely N-dealkylation sites (tertiary alicyclic amines) is 1. The molecule has 20 heavy (non-hydrogen) atoms. The number of aromatic nitrogens is 1. The Labute approximate surface area is 119 Å². The van der Waals surface area contributed by atoms with Crippen molar-refractivity contribution in [2.45, 2.75) is 31.8 Å². The zero-order valence-electron chi connectivity index (χ0n) is 12.0. The third kappa shape index (κ3) is 2.56. The van der Waals surface area contributed by atoms with E-state index >= 15 is 0 Å². The summed E-state index contributed by atoms with van der Waals surface area (Å²) in [4.78, 5) is 17.8. The fraction of sp³-hybridized carbons (Fsp3) is 0.438. The molecular formula is C16H21N3O. The zero-order valence-corrected chi connectivity index (χ0v) is 12.0. The lowest BCUT2D eigenvalue weighted by Gasteiger charge is -2.35. The highest BCUT2D eigenvalue weighted by atomic mass is 16.1. The fourth-order valence-corrected chi connectivity index (χ4v) is 2.88. The zero-order chi connectivity index (χ0) is 14.1. The smallest absolute Gasteiger partial charge is 0.267 e. The van der Waals surface area contributed by atoms with Crippen LogP contribution in [0.2, 0.25) is 0 Å². The molecule has 1 saturated heterocycles. The topological polar surface area (TPSA) is 48.1 Å². The normalized spacial score (nSPS) is 23.9. The van der Waals surface area contributed by atoms with Gasteiger partial charge in [0.1, 0.15) is 5.69 Å². The molecule has 1 fully saturated rings. The number of nitrogens with one attached hydrogen (secondary N) is 2. The number of para-hydroxylation sites is 1. The molecule has 2 unspecified atom stereocenters. The molecular weight excluding hydrogens is 250 g/mol. The van der Waals surface area contributed by atoms with Crippen LogP contribution in [0.5, 0.6) is 0 Å². The lowest BCUT2D eigenvalue weighted by molar-refractivity contribution is 0.0892. The second-order valence-electron chi connectivity index (χ2n) is 5.79. The number of nitrogens with zero attached hydrogens (tertiary/aromatic N) is 1. The Morgan fingerprint density at radius 3 is 2.95 bits per heavy atom. The van der Waals surface area contributed by atoms with Crippen molar-refractivity contribution in [2.75, 3.05) is 13.6 Å². The lowest BCUT2D eigenvalue weighted by atomic mass is 9.99. The van der Waals surface area contributed by atoms with Gasteiger partial charge in [-0.2, -0.15) is 0 Å². The summed E-state index contributed by atoms with van der Waals surface area (Å²) >= 11 is 0. The van der Waals surface area contributed by atoms with Gasteiger partial charge in [0.2, 0.25) is 0 Å². The van der Waals surface area contributed by atoms with Crippen molar-refractivity contribution in [3.63, 3.8) is 0 Å². The summed E-state index contributed by atoms with van der Waals surface area (Å²) in [6, 6.07) is 10.7. The maximum Gasteiger partial charge on any atom is 0.267 e. The van der Waals surface area contributed by atoms with E-state index in [0.717, 1.165) is 30.3 Å². The molecule has 2 atom stereocenters. The quantitative estimate of drug-likeness (QED) is 0.881. The summed E-state index contributed by atoms with van der Waals surface area (Å²) in [5.74, 6) is 0.00273. The summed E-state index contributed by atoms with van der Waals surface area (Å²) in [6.07, 6.45) is 2.04. The Hall–Kier alpha value is -1.81. The van der Waals surface area contributed by atoms with Gasteiger partial charge in [-0.3, -0.25) is 4.79 Å². The molecule has 4 nitrogen and oxygen atoms in total. The van der Waals surface area contributed by atoms with Crippen LogP contribution < -0.4 is 5.32 Å². The number of carbonyl (C=O) groups is 1. The fourth-order valence-electron chi connectivity index (χ4n) is 2.88. The first-order valence-electron chi connectivity index (χ1n) is 7.22. The molecule has 0 aliphatic carbocycles. The van der Waals surface area contributed by atoms with Gasteiger partial charge in [-0.25, -0.2) is 0 Å². The first-order chi connectivity index (χ1) is 9.63. The number of piperidine rings is 1. The molecule has 0 saturated carbocycles. The Balaban J connectivity index is 1.70. The predicted octanol–water partition coefficient (Wildman–Crippen LogP) is 2.38.